The largest absolute Gasteiger partial charge is 0.353 e. The summed E-state index contributed by atoms with van der Waals surface area (Å²) in [5, 5.41) is 26.0. The first-order valence-electron chi connectivity index (χ1n) is 4.51. The molecule has 0 radical (unpaired) electrons. The van der Waals surface area contributed by atoms with E-state index in [9.17, 15) is 0 Å². The lowest BCUT2D eigenvalue weighted by atomic mass is 10.0. The van der Waals surface area contributed by atoms with Gasteiger partial charge in [-0.25, -0.2) is 0 Å². The number of nitriles is 3. The van der Waals surface area contributed by atoms with E-state index in [4.69, 9.17) is 15.8 Å². The Kier molecular flexibility index (Phi) is 3.49. The lowest BCUT2D eigenvalue weighted by Crippen LogP contribution is -1.97. The molecule has 1 heterocycles. The standard InChI is InChI=1S/C11H10N4/c1-15-8-9(2-5-12)10(3-6-13)11(15)4-7-14/h8H,2-4H2,1H3. The van der Waals surface area contributed by atoms with Crippen molar-refractivity contribution >= 4 is 0 Å². The molecule has 0 unspecified atom stereocenters. The van der Waals surface area contributed by atoms with Crippen LogP contribution in [0.1, 0.15) is 16.8 Å². The molecule has 0 atom stereocenters. The zero-order valence-corrected chi connectivity index (χ0v) is 8.49. The molecular formula is C11H10N4. The molecule has 0 aliphatic heterocycles. The van der Waals surface area contributed by atoms with Crippen LogP contribution in [0.5, 0.6) is 0 Å². The van der Waals surface area contributed by atoms with Crippen molar-refractivity contribution in [2.45, 2.75) is 19.3 Å². The summed E-state index contributed by atoms with van der Waals surface area (Å²) in [6.07, 6.45) is 2.65. The van der Waals surface area contributed by atoms with Crippen LogP contribution in [0.25, 0.3) is 0 Å². The summed E-state index contributed by atoms with van der Waals surface area (Å²) in [7, 11) is 1.83. The van der Waals surface area contributed by atoms with Crippen molar-refractivity contribution in [3.05, 3.63) is 23.0 Å². The fourth-order valence-electron chi connectivity index (χ4n) is 1.63. The number of aryl methyl sites for hydroxylation is 1. The summed E-state index contributed by atoms with van der Waals surface area (Å²) in [4.78, 5) is 0. The maximum Gasteiger partial charge on any atom is 0.0757 e. The molecule has 74 valence electrons. The van der Waals surface area contributed by atoms with Crippen molar-refractivity contribution in [1.82, 2.24) is 4.57 Å². The van der Waals surface area contributed by atoms with Gasteiger partial charge >= 0.3 is 0 Å². The minimum atomic E-state index is 0.259. The summed E-state index contributed by atoms with van der Waals surface area (Å²) in [6.45, 7) is 0. The highest BCUT2D eigenvalue weighted by molar-refractivity contribution is 5.37. The van der Waals surface area contributed by atoms with E-state index in [1.165, 1.54) is 0 Å². The van der Waals surface area contributed by atoms with Gasteiger partial charge in [-0.2, -0.15) is 15.8 Å². The second-order valence-electron chi connectivity index (χ2n) is 3.20. The van der Waals surface area contributed by atoms with Gasteiger partial charge in [-0.05, 0) is 11.1 Å². The molecule has 1 aromatic heterocycles. The Hall–Kier alpha value is -2.25. The Morgan fingerprint density at radius 1 is 1.07 bits per heavy atom. The molecule has 0 aliphatic rings. The molecule has 0 aromatic carbocycles. The molecule has 0 saturated carbocycles. The van der Waals surface area contributed by atoms with Crippen LogP contribution in [0, 0.1) is 34.0 Å². The van der Waals surface area contributed by atoms with Crippen molar-refractivity contribution < 1.29 is 0 Å². The van der Waals surface area contributed by atoms with Crippen LogP contribution in [-0.2, 0) is 26.3 Å². The molecule has 0 N–H and O–H groups in total. The van der Waals surface area contributed by atoms with Crippen molar-refractivity contribution in [2.75, 3.05) is 0 Å². The SMILES string of the molecule is Cn1cc(CC#N)c(CC#N)c1CC#N. The summed E-state index contributed by atoms with van der Waals surface area (Å²) >= 11 is 0. The van der Waals surface area contributed by atoms with E-state index >= 15 is 0 Å². The average molecular weight is 198 g/mol. The fraction of sp³-hybridized carbons (Fsp3) is 0.364. The van der Waals surface area contributed by atoms with Gasteiger partial charge in [0.25, 0.3) is 0 Å². The molecular weight excluding hydrogens is 188 g/mol. The zero-order chi connectivity index (χ0) is 11.3. The normalized spacial score (nSPS) is 8.93. The minimum absolute atomic E-state index is 0.259. The molecule has 0 saturated heterocycles. The highest BCUT2D eigenvalue weighted by Gasteiger charge is 2.12. The number of rotatable bonds is 3. The summed E-state index contributed by atoms with van der Waals surface area (Å²) in [6, 6.07) is 6.19. The van der Waals surface area contributed by atoms with Gasteiger partial charge in [-0.1, -0.05) is 0 Å². The Morgan fingerprint density at radius 2 is 1.67 bits per heavy atom. The van der Waals surface area contributed by atoms with E-state index < -0.39 is 0 Å². The molecule has 0 bridgehead atoms. The molecule has 1 aromatic rings. The molecule has 0 spiro atoms. The monoisotopic (exact) mass is 198 g/mol. The Labute approximate surface area is 88.6 Å². The molecule has 4 heteroatoms. The summed E-state index contributed by atoms with van der Waals surface area (Å²) < 4.78 is 1.82. The first kappa shape index (κ1) is 10.8. The van der Waals surface area contributed by atoms with Gasteiger partial charge in [0, 0.05) is 18.9 Å². The van der Waals surface area contributed by atoms with Crippen molar-refractivity contribution in [1.29, 1.82) is 15.8 Å². The second kappa shape index (κ2) is 4.84. The summed E-state index contributed by atoms with van der Waals surface area (Å²) in [5.74, 6) is 0. The van der Waals surface area contributed by atoms with E-state index in [2.05, 4.69) is 18.2 Å². The van der Waals surface area contributed by atoms with Gasteiger partial charge in [-0.15, -0.1) is 0 Å². The number of hydrogen-bond donors (Lipinski definition) is 0. The lowest BCUT2D eigenvalue weighted by Gasteiger charge is -2.00. The second-order valence-corrected chi connectivity index (χ2v) is 3.20. The van der Waals surface area contributed by atoms with Crippen molar-refractivity contribution in [2.24, 2.45) is 7.05 Å². The van der Waals surface area contributed by atoms with Crippen LogP contribution < -0.4 is 0 Å². The van der Waals surface area contributed by atoms with Crippen molar-refractivity contribution in [3.8, 4) is 18.2 Å². The van der Waals surface area contributed by atoms with Crippen LogP contribution in [0.4, 0.5) is 0 Å². The van der Waals surface area contributed by atoms with Crippen LogP contribution in [0.15, 0.2) is 6.20 Å². The highest BCUT2D eigenvalue weighted by Crippen LogP contribution is 2.18. The fourth-order valence-corrected chi connectivity index (χ4v) is 1.63. The molecule has 0 amide bonds. The first-order valence-corrected chi connectivity index (χ1v) is 4.51. The molecule has 0 fully saturated rings. The van der Waals surface area contributed by atoms with Gasteiger partial charge < -0.3 is 4.57 Å². The third-order valence-electron chi connectivity index (χ3n) is 2.28. The van der Waals surface area contributed by atoms with Crippen LogP contribution in [0.3, 0.4) is 0 Å². The lowest BCUT2D eigenvalue weighted by molar-refractivity contribution is 0.850. The maximum absolute atomic E-state index is 8.69. The van der Waals surface area contributed by atoms with Crippen molar-refractivity contribution in [3.63, 3.8) is 0 Å². The number of hydrogen-bond acceptors (Lipinski definition) is 3. The Morgan fingerprint density at radius 3 is 2.20 bits per heavy atom. The third-order valence-corrected chi connectivity index (χ3v) is 2.28. The third kappa shape index (κ3) is 2.16. The number of aromatic nitrogens is 1. The van der Waals surface area contributed by atoms with E-state index in [1.54, 1.807) is 0 Å². The summed E-state index contributed by atoms with van der Waals surface area (Å²) in [5.41, 5.74) is 2.53. The van der Waals surface area contributed by atoms with E-state index in [0.717, 1.165) is 16.8 Å². The van der Waals surface area contributed by atoms with E-state index in [-0.39, 0.29) is 19.3 Å². The maximum atomic E-state index is 8.69. The van der Waals surface area contributed by atoms with Gasteiger partial charge in [0.1, 0.15) is 0 Å². The molecule has 0 aliphatic carbocycles. The number of nitrogens with zero attached hydrogens (tertiary/aromatic N) is 4. The van der Waals surface area contributed by atoms with Gasteiger partial charge in [0.15, 0.2) is 0 Å². The quantitative estimate of drug-likeness (QED) is 0.732. The highest BCUT2D eigenvalue weighted by atomic mass is 14.9. The van der Waals surface area contributed by atoms with E-state index in [0.29, 0.717) is 0 Å². The van der Waals surface area contributed by atoms with Gasteiger partial charge in [-0.3, -0.25) is 0 Å². The molecule has 4 nitrogen and oxygen atoms in total. The predicted molar refractivity (Wildman–Crippen MR) is 53.4 cm³/mol. The van der Waals surface area contributed by atoms with Crippen LogP contribution in [0.2, 0.25) is 0 Å². The Balaban J connectivity index is 3.21. The molecule has 15 heavy (non-hydrogen) atoms. The van der Waals surface area contributed by atoms with Gasteiger partial charge in [0.2, 0.25) is 0 Å². The zero-order valence-electron chi connectivity index (χ0n) is 8.49. The van der Waals surface area contributed by atoms with Gasteiger partial charge in [0.05, 0.1) is 37.5 Å². The Bertz CT molecular complexity index is 476. The molecule has 1 rings (SSSR count). The minimum Gasteiger partial charge on any atom is -0.353 e. The predicted octanol–water partition coefficient (Wildman–Crippen LogP) is 1.22. The average Bonchev–Trinajstić information content (AvgIpc) is 2.48. The van der Waals surface area contributed by atoms with Crippen LogP contribution in [-0.4, -0.2) is 4.57 Å². The first-order chi connectivity index (χ1) is 7.24. The van der Waals surface area contributed by atoms with E-state index in [1.807, 2.05) is 17.8 Å². The van der Waals surface area contributed by atoms with Crippen LogP contribution >= 0.6 is 0 Å². The topological polar surface area (TPSA) is 76.3 Å². The smallest absolute Gasteiger partial charge is 0.0757 e.